The van der Waals surface area contributed by atoms with E-state index in [0.29, 0.717) is 10.9 Å². The predicted octanol–water partition coefficient (Wildman–Crippen LogP) is 2.77. The molecule has 18 heavy (non-hydrogen) atoms. The minimum absolute atomic E-state index is 0.0256. The summed E-state index contributed by atoms with van der Waals surface area (Å²) in [7, 11) is 1.61. The minimum atomic E-state index is -0.949. The normalized spacial score (nSPS) is 10.1. The summed E-state index contributed by atoms with van der Waals surface area (Å²) in [6, 6.07) is 5.22. The van der Waals surface area contributed by atoms with E-state index in [0.717, 1.165) is 17.1 Å². The van der Waals surface area contributed by atoms with Crippen molar-refractivity contribution < 1.29 is 14.7 Å². The van der Waals surface area contributed by atoms with E-state index >= 15 is 0 Å². The molecule has 1 aromatic rings. The van der Waals surface area contributed by atoms with Gasteiger partial charge in [0.25, 0.3) is 0 Å². The van der Waals surface area contributed by atoms with Crippen molar-refractivity contribution in [1.29, 1.82) is 0 Å². The molecule has 0 aliphatic heterocycles. The average molecular weight is 332 g/mol. The van der Waals surface area contributed by atoms with Crippen molar-refractivity contribution in [3.8, 4) is 0 Å². The van der Waals surface area contributed by atoms with Gasteiger partial charge < -0.3 is 10.4 Å². The Morgan fingerprint density at radius 2 is 2.17 bits per heavy atom. The lowest BCUT2D eigenvalue weighted by Gasteiger charge is -2.04. The molecule has 6 heteroatoms. The third kappa shape index (κ3) is 4.70. The van der Waals surface area contributed by atoms with Crippen molar-refractivity contribution in [1.82, 2.24) is 5.32 Å². The van der Waals surface area contributed by atoms with Gasteiger partial charge in [0.1, 0.15) is 0 Å². The van der Waals surface area contributed by atoms with Crippen molar-refractivity contribution in [2.75, 3.05) is 12.8 Å². The molecule has 0 heterocycles. The molecule has 0 saturated heterocycles. The number of hydrogen-bond donors (Lipinski definition) is 2. The van der Waals surface area contributed by atoms with Gasteiger partial charge in [0, 0.05) is 22.8 Å². The molecule has 0 fully saturated rings. The van der Waals surface area contributed by atoms with Crippen LogP contribution in [0.15, 0.2) is 27.6 Å². The van der Waals surface area contributed by atoms with Crippen LogP contribution in [0.2, 0.25) is 0 Å². The van der Waals surface area contributed by atoms with Crippen LogP contribution >= 0.6 is 27.7 Å². The van der Waals surface area contributed by atoms with E-state index in [1.807, 2.05) is 6.07 Å². The summed E-state index contributed by atoms with van der Waals surface area (Å²) >= 11 is 4.75. The van der Waals surface area contributed by atoms with E-state index in [1.165, 1.54) is 0 Å². The minimum Gasteiger partial charge on any atom is -0.478 e. The summed E-state index contributed by atoms with van der Waals surface area (Å²) in [6.07, 6.45) is 1.26. The van der Waals surface area contributed by atoms with Crippen LogP contribution in [-0.4, -0.2) is 29.8 Å². The van der Waals surface area contributed by atoms with Gasteiger partial charge in [0.15, 0.2) is 0 Å². The Morgan fingerprint density at radius 1 is 1.44 bits per heavy atom. The maximum absolute atomic E-state index is 11.0. The maximum Gasteiger partial charge on any atom is 0.336 e. The molecule has 0 atom stereocenters. The van der Waals surface area contributed by atoms with Crippen LogP contribution in [-0.2, 0) is 4.79 Å². The lowest BCUT2D eigenvalue weighted by Crippen LogP contribution is -2.17. The molecule has 0 unspecified atom stereocenters. The van der Waals surface area contributed by atoms with Crippen molar-refractivity contribution in [2.45, 2.75) is 17.7 Å². The number of carbonyl (C=O) groups excluding carboxylic acids is 1. The number of carbonyl (C=O) groups is 2. The molecule has 0 spiro atoms. The monoisotopic (exact) mass is 331 g/mol. The highest BCUT2D eigenvalue weighted by Gasteiger charge is 2.09. The van der Waals surface area contributed by atoms with Crippen LogP contribution in [0.1, 0.15) is 23.2 Å². The van der Waals surface area contributed by atoms with Crippen LogP contribution in [0.4, 0.5) is 0 Å². The van der Waals surface area contributed by atoms with Gasteiger partial charge in [-0.3, -0.25) is 4.79 Å². The fraction of sp³-hybridized carbons (Fsp3) is 0.333. The van der Waals surface area contributed by atoms with Crippen molar-refractivity contribution >= 4 is 39.6 Å². The second-order valence-electron chi connectivity index (χ2n) is 3.57. The van der Waals surface area contributed by atoms with Gasteiger partial charge in [0.05, 0.1) is 5.56 Å². The van der Waals surface area contributed by atoms with E-state index in [-0.39, 0.29) is 11.5 Å². The quantitative estimate of drug-likeness (QED) is 0.621. The van der Waals surface area contributed by atoms with Gasteiger partial charge in [-0.2, -0.15) is 0 Å². The first kappa shape index (κ1) is 15.0. The van der Waals surface area contributed by atoms with Gasteiger partial charge in [-0.15, -0.1) is 11.8 Å². The summed E-state index contributed by atoms with van der Waals surface area (Å²) in [5, 5.41) is 11.5. The molecule has 0 radical (unpaired) electrons. The molecular weight excluding hydrogens is 318 g/mol. The maximum atomic E-state index is 11.0. The summed E-state index contributed by atoms with van der Waals surface area (Å²) in [6.45, 7) is 0. The van der Waals surface area contributed by atoms with E-state index < -0.39 is 5.97 Å². The lowest BCUT2D eigenvalue weighted by molar-refractivity contribution is -0.120. The first-order valence-corrected chi connectivity index (χ1v) is 7.18. The highest BCUT2D eigenvalue weighted by atomic mass is 79.9. The average Bonchev–Trinajstić information content (AvgIpc) is 2.35. The Hall–Kier alpha value is -1.01. The Morgan fingerprint density at radius 3 is 2.78 bits per heavy atom. The highest BCUT2D eigenvalue weighted by Crippen LogP contribution is 2.25. The topological polar surface area (TPSA) is 66.4 Å². The molecule has 0 aromatic heterocycles. The standard InChI is InChI=1S/C12H14BrNO3S/c1-14-11(15)3-2-6-18-8-4-5-10(13)9(7-8)12(16)17/h4-5,7H,2-3,6H2,1H3,(H,14,15)(H,16,17). The van der Waals surface area contributed by atoms with E-state index in [4.69, 9.17) is 5.11 Å². The Bertz CT molecular complexity index is 451. The zero-order valence-electron chi connectivity index (χ0n) is 9.90. The van der Waals surface area contributed by atoms with E-state index in [2.05, 4.69) is 21.2 Å². The molecule has 98 valence electrons. The number of hydrogen-bond acceptors (Lipinski definition) is 3. The Labute approximate surface area is 118 Å². The zero-order chi connectivity index (χ0) is 13.5. The Balaban J connectivity index is 2.50. The van der Waals surface area contributed by atoms with E-state index in [1.54, 1.807) is 30.9 Å². The molecule has 1 amide bonds. The summed E-state index contributed by atoms with van der Waals surface area (Å²) in [5.74, 6) is -0.138. The first-order chi connectivity index (χ1) is 8.54. The van der Waals surface area contributed by atoms with Crippen molar-refractivity contribution in [3.63, 3.8) is 0 Å². The number of aromatic carboxylic acids is 1. The van der Waals surface area contributed by atoms with Crippen LogP contribution in [0.5, 0.6) is 0 Å². The van der Waals surface area contributed by atoms with E-state index in [9.17, 15) is 9.59 Å². The second kappa shape index (κ2) is 7.43. The van der Waals surface area contributed by atoms with Gasteiger partial charge in [-0.1, -0.05) is 0 Å². The highest BCUT2D eigenvalue weighted by molar-refractivity contribution is 9.10. The van der Waals surface area contributed by atoms with Gasteiger partial charge in [-0.05, 0) is 46.3 Å². The molecule has 0 bridgehead atoms. The molecule has 1 aromatic carbocycles. The summed E-state index contributed by atoms with van der Waals surface area (Å²) < 4.78 is 0.574. The fourth-order valence-electron chi connectivity index (χ4n) is 1.31. The van der Waals surface area contributed by atoms with Crippen molar-refractivity contribution in [2.24, 2.45) is 0 Å². The SMILES string of the molecule is CNC(=O)CCCSc1ccc(Br)c(C(=O)O)c1. The number of amides is 1. The predicted molar refractivity (Wildman–Crippen MR) is 75.1 cm³/mol. The fourth-order valence-corrected chi connectivity index (χ4v) is 2.61. The molecule has 0 aliphatic carbocycles. The molecule has 2 N–H and O–H groups in total. The summed E-state index contributed by atoms with van der Waals surface area (Å²) in [4.78, 5) is 22.8. The number of carboxylic acids is 1. The molecule has 1 rings (SSSR count). The number of carboxylic acid groups (broad SMARTS) is 1. The zero-order valence-corrected chi connectivity index (χ0v) is 12.3. The summed E-state index contributed by atoms with van der Waals surface area (Å²) in [5.41, 5.74) is 0.256. The molecular formula is C12H14BrNO3S. The third-order valence-electron chi connectivity index (χ3n) is 2.26. The van der Waals surface area contributed by atoms with Crippen LogP contribution < -0.4 is 5.32 Å². The second-order valence-corrected chi connectivity index (χ2v) is 5.59. The van der Waals surface area contributed by atoms with Crippen LogP contribution in [0.25, 0.3) is 0 Å². The third-order valence-corrected chi connectivity index (χ3v) is 4.04. The number of nitrogens with one attached hydrogen (secondary N) is 1. The van der Waals surface area contributed by atoms with Gasteiger partial charge >= 0.3 is 5.97 Å². The van der Waals surface area contributed by atoms with Crippen LogP contribution in [0.3, 0.4) is 0 Å². The number of benzene rings is 1. The number of halogens is 1. The number of thioether (sulfide) groups is 1. The molecule has 0 aliphatic rings. The molecule has 0 saturated carbocycles. The first-order valence-electron chi connectivity index (χ1n) is 5.41. The van der Waals surface area contributed by atoms with Gasteiger partial charge in [-0.25, -0.2) is 4.79 Å². The Kier molecular flexibility index (Phi) is 6.21. The molecule has 4 nitrogen and oxygen atoms in total. The van der Waals surface area contributed by atoms with Crippen LogP contribution in [0, 0.1) is 0 Å². The van der Waals surface area contributed by atoms with Crippen molar-refractivity contribution in [3.05, 3.63) is 28.2 Å². The lowest BCUT2D eigenvalue weighted by atomic mass is 10.2. The number of rotatable bonds is 6. The van der Waals surface area contributed by atoms with Gasteiger partial charge in [0.2, 0.25) is 5.91 Å². The largest absolute Gasteiger partial charge is 0.478 e. The smallest absolute Gasteiger partial charge is 0.336 e.